The van der Waals surface area contributed by atoms with E-state index >= 15 is 0 Å². The predicted octanol–water partition coefficient (Wildman–Crippen LogP) is 2.44. The summed E-state index contributed by atoms with van der Waals surface area (Å²) in [5, 5.41) is 0. The van der Waals surface area contributed by atoms with Gasteiger partial charge >= 0.3 is 0 Å². The van der Waals surface area contributed by atoms with Crippen LogP contribution >= 0.6 is 15.9 Å². The van der Waals surface area contributed by atoms with Gasteiger partial charge in [-0.15, -0.1) is 0 Å². The van der Waals surface area contributed by atoms with Gasteiger partial charge in [0, 0.05) is 30.7 Å². The van der Waals surface area contributed by atoms with Crippen LogP contribution in [-0.4, -0.2) is 55.0 Å². The van der Waals surface area contributed by atoms with Gasteiger partial charge in [-0.2, -0.15) is 0 Å². The summed E-state index contributed by atoms with van der Waals surface area (Å²) in [6.07, 6.45) is 2.38. The van der Waals surface area contributed by atoms with Crippen LogP contribution in [0.5, 0.6) is 0 Å². The zero-order chi connectivity index (χ0) is 14.8. The summed E-state index contributed by atoms with van der Waals surface area (Å²) in [7, 11) is 1.92. The van der Waals surface area contributed by atoms with Gasteiger partial charge in [0.1, 0.15) is 0 Å². The van der Waals surface area contributed by atoms with E-state index in [2.05, 4.69) is 33.0 Å². The first-order chi connectivity index (χ1) is 10.1. The first kappa shape index (κ1) is 15.0. The quantitative estimate of drug-likeness (QED) is 0.834. The van der Waals surface area contributed by atoms with Crippen LogP contribution in [0.25, 0.3) is 0 Å². The average molecular weight is 353 g/mol. The molecule has 1 aromatic carbocycles. The standard InChI is InChI=1S/C16H21BrN2O2/c1-18(14-6-7-14)16(20)11-19-8-9-21-15(10-19)12-2-4-13(17)5-3-12/h2-5,14-15H,6-11H2,1H3/t15-/m1/s1. The van der Waals surface area contributed by atoms with E-state index in [1.165, 1.54) is 5.56 Å². The van der Waals surface area contributed by atoms with Gasteiger partial charge in [0.25, 0.3) is 0 Å². The number of likely N-dealkylation sites (N-methyl/N-ethyl adjacent to an activating group) is 1. The number of hydrogen-bond acceptors (Lipinski definition) is 3. The SMILES string of the molecule is CN(C(=O)CN1CCO[C@@H](c2ccc(Br)cc2)C1)C1CC1. The molecule has 0 spiro atoms. The Morgan fingerprint density at radius 1 is 1.38 bits per heavy atom. The number of halogens is 1. The first-order valence-corrected chi connectivity index (χ1v) is 8.28. The summed E-state index contributed by atoms with van der Waals surface area (Å²) >= 11 is 3.45. The Labute approximate surface area is 134 Å². The monoisotopic (exact) mass is 352 g/mol. The number of hydrogen-bond donors (Lipinski definition) is 0. The van der Waals surface area contributed by atoms with Gasteiger partial charge in [-0.3, -0.25) is 9.69 Å². The van der Waals surface area contributed by atoms with E-state index in [1.807, 2.05) is 24.1 Å². The fourth-order valence-corrected chi connectivity index (χ4v) is 2.96. The lowest BCUT2D eigenvalue weighted by Crippen LogP contribution is -2.45. The Hall–Kier alpha value is -0.910. The summed E-state index contributed by atoms with van der Waals surface area (Å²) < 4.78 is 6.92. The lowest BCUT2D eigenvalue weighted by molar-refractivity contribution is -0.133. The molecule has 0 bridgehead atoms. The molecule has 2 aliphatic rings. The van der Waals surface area contributed by atoms with Crippen LogP contribution in [0.15, 0.2) is 28.7 Å². The minimum Gasteiger partial charge on any atom is -0.371 e. The molecular formula is C16H21BrN2O2. The number of carbonyl (C=O) groups is 1. The van der Waals surface area contributed by atoms with Gasteiger partial charge in [-0.1, -0.05) is 28.1 Å². The summed E-state index contributed by atoms with van der Waals surface area (Å²) in [6.45, 7) is 2.80. The summed E-state index contributed by atoms with van der Waals surface area (Å²) in [5.74, 6) is 0.231. The number of nitrogens with zero attached hydrogens (tertiary/aromatic N) is 2. The molecule has 0 N–H and O–H groups in total. The van der Waals surface area contributed by atoms with Gasteiger partial charge in [0.2, 0.25) is 5.91 Å². The van der Waals surface area contributed by atoms with E-state index in [4.69, 9.17) is 4.74 Å². The predicted molar refractivity (Wildman–Crippen MR) is 85.1 cm³/mol. The first-order valence-electron chi connectivity index (χ1n) is 7.48. The third-order valence-electron chi connectivity index (χ3n) is 4.24. The highest BCUT2D eigenvalue weighted by molar-refractivity contribution is 9.10. The molecule has 1 aliphatic carbocycles. The van der Waals surface area contributed by atoms with Crippen LogP contribution in [0.1, 0.15) is 24.5 Å². The number of ether oxygens (including phenoxy) is 1. The summed E-state index contributed by atoms with van der Waals surface area (Å²) in [6, 6.07) is 8.71. The van der Waals surface area contributed by atoms with Gasteiger partial charge in [0.15, 0.2) is 0 Å². The molecule has 0 unspecified atom stereocenters. The lowest BCUT2D eigenvalue weighted by Gasteiger charge is -2.33. The molecule has 1 saturated heterocycles. The molecule has 1 aromatic rings. The van der Waals surface area contributed by atoms with Crippen LogP contribution in [0, 0.1) is 0 Å². The van der Waals surface area contributed by atoms with Crippen molar-refractivity contribution in [2.75, 3.05) is 33.3 Å². The summed E-state index contributed by atoms with van der Waals surface area (Å²) in [4.78, 5) is 16.3. The second-order valence-electron chi connectivity index (χ2n) is 5.88. The maximum Gasteiger partial charge on any atom is 0.236 e. The van der Waals surface area contributed by atoms with E-state index < -0.39 is 0 Å². The maximum absolute atomic E-state index is 12.2. The van der Waals surface area contributed by atoms with Gasteiger partial charge in [-0.25, -0.2) is 0 Å². The molecule has 4 nitrogen and oxygen atoms in total. The highest BCUT2D eigenvalue weighted by Gasteiger charge is 2.31. The van der Waals surface area contributed by atoms with Crippen LogP contribution in [0.4, 0.5) is 0 Å². The Kier molecular flexibility index (Phi) is 4.62. The van der Waals surface area contributed by atoms with Crippen molar-refractivity contribution in [2.24, 2.45) is 0 Å². The largest absolute Gasteiger partial charge is 0.371 e. The van der Waals surface area contributed by atoms with Gasteiger partial charge < -0.3 is 9.64 Å². The van der Waals surface area contributed by atoms with Crippen LogP contribution in [0.2, 0.25) is 0 Å². The molecule has 1 amide bonds. The lowest BCUT2D eigenvalue weighted by atomic mass is 10.1. The maximum atomic E-state index is 12.2. The topological polar surface area (TPSA) is 32.8 Å². The highest BCUT2D eigenvalue weighted by atomic mass is 79.9. The second kappa shape index (κ2) is 6.46. The third kappa shape index (κ3) is 3.84. The van der Waals surface area contributed by atoms with Crippen molar-refractivity contribution >= 4 is 21.8 Å². The van der Waals surface area contributed by atoms with Gasteiger partial charge in [-0.05, 0) is 30.5 Å². The third-order valence-corrected chi connectivity index (χ3v) is 4.77. The Balaban J connectivity index is 1.57. The number of morpholine rings is 1. The van der Waals surface area contributed by atoms with Crippen molar-refractivity contribution in [1.29, 1.82) is 0 Å². The van der Waals surface area contributed by atoms with Crippen molar-refractivity contribution in [1.82, 2.24) is 9.80 Å². The normalized spacial score (nSPS) is 23.0. The molecule has 1 heterocycles. The Morgan fingerprint density at radius 2 is 2.10 bits per heavy atom. The molecule has 21 heavy (non-hydrogen) atoms. The number of rotatable bonds is 4. The van der Waals surface area contributed by atoms with E-state index in [-0.39, 0.29) is 12.0 Å². The minimum absolute atomic E-state index is 0.0610. The van der Waals surface area contributed by atoms with Crippen molar-refractivity contribution in [3.05, 3.63) is 34.3 Å². The molecule has 2 fully saturated rings. The Morgan fingerprint density at radius 3 is 2.76 bits per heavy atom. The molecule has 114 valence electrons. The smallest absolute Gasteiger partial charge is 0.236 e. The van der Waals surface area contributed by atoms with Gasteiger partial charge in [0.05, 0.1) is 19.3 Å². The number of benzene rings is 1. The van der Waals surface area contributed by atoms with Crippen LogP contribution in [-0.2, 0) is 9.53 Å². The molecule has 1 atom stereocenters. The fourth-order valence-electron chi connectivity index (χ4n) is 2.69. The molecular weight excluding hydrogens is 332 g/mol. The molecule has 0 aromatic heterocycles. The van der Waals surface area contributed by atoms with Crippen LogP contribution < -0.4 is 0 Å². The molecule has 0 radical (unpaired) electrons. The zero-order valence-corrected chi connectivity index (χ0v) is 13.9. The number of amides is 1. The fraction of sp³-hybridized carbons (Fsp3) is 0.562. The zero-order valence-electron chi connectivity index (χ0n) is 12.3. The van der Waals surface area contributed by atoms with E-state index in [9.17, 15) is 4.79 Å². The van der Waals surface area contributed by atoms with Crippen molar-refractivity contribution < 1.29 is 9.53 Å². The van der Waals surface area contributed by atoms with Crippen molar-refractivity contribution in [2.45, 2.75) is 25.0 Å². The Bertz CT molecular complexity index is 502. The number of carbonyl (C=O) groups excluding carboxylic acids is 1. The second-order valence-corrected chi connectivity index (χ2v) is 6.80. The molecule has 5 heteroatoms. The molecule has 1 aliphatic heterocycles. The van der Waals surface area contributed by atoms with E-state index in [0.717, 1.165) is 30.4 Å². The average Bonchev–Trinajstić information content (AvgIpc) is 3.32. The van der Waals surface area contributed by atoms with E-state index in [0.29, 0.717) is 19.2 Å². The highest BCUT2D eigenvalue weighted by Crippen LogP contribution is 2.26. The van der Waals surface area contributed by atoms with Crippen molar-refractivity contribution in [3.63, 3.8) is 0 Å². The molecule has 3 rings (SSSR count). The molecule has 1 saturated carbocycles. The van der Waals surface area contributed by atoms with Crippen molar-refractivity contribution in [3.8, 4) is 0 Å². The van der Waals surface area contributed by atoms with Crippen LogP contribution in [0.3, 0.4) is 0 Å². The van der Waals surface area contributed by atoms with E-state index in [1.54, 1.807) is 0 Å². The minimum atomic E-state index is 0.0610. The summed E-state index contributed by atoms with van der Waals surface area (Å²) in [5.41, 5.74) is 1.17.